The molecule has 0 spiro atoms. The second-order valence-corrected chi connectivity index (χ2v) is 7.23. The molecule has 0 amide bonds. The Bertz CT molecular complexity index is 726. The minimum atomic E-state index is -1.82. The van der Waals surface area contributed by atoms with Crippen molar-refractivity contribution in [1.29, 1.82) is 0 Å². The van der Waals surface area contributed by atoms with Crippen molar-refractivity contribution in [2.75, 3.05) is 13.2 Å². The number of carbonyl (C=O) groups is 2. The second kappa shape index (κ2) is 12.4. The first-order chi connectivity index (χ1) is 13.7. The number of rotatable bonds is 8. The van der Waals surface area contributed by atoms with E-state index in [1.165, 1.54) is 5.56 Å². The normalized spacial score (nSPS) is 10.4. The van der Waals surface area contributed by atoms with Crippen LogP contribution in [0, 0.1) is 0 Å². The summed E-state index contributed by atoms with van der Waals surface area (Å²) < 4.78 is 11.5. The van der Waals surface area contributed by atoms with E-state index in [0.717, 1.165) is 24.5 Å². The van der Waals surface area contributed by atoms with E-state index >= 15 is 0 Å². The summed E-state index contributed by atoms with van der Waals surface area (Å²) in [5, 5.41) is 18.2. The van der Waals surface area contributed by atoms with Crippen molar-refractivity contribution in [3.63, 3.8) is 0 Å². The molecule has 158 valence electrons. The maximum atomic E-state index is 9.10. The summed E-state index contributed by atoms with van der Waals surface area (Å²) in [5.74, 6) is -1.91. The van der Waals surface area contributed by atoms with Crippen molar-refractivity contribution in [2.24, 2.45) is 0 Å². The van der Waals surface area contributed by atoms with E-state index in [9.17, 15) is 0 Å². The van der Waals surface area contributed by atoms with Gasteiger partial charge in [0, 0.05) is 5.54 Å². The third-order valence-corrected chi connectivity index (χ3v) is 3.50. The fraction of sp³-hybridized carbons (Fsp3) is 0.364. The molecule has 0 aliphatic rings. The Morgan fingerprint density at radius 1 is 0.862 bits per heavy atom. The Kier molecular flexibility index (Phi) is 10.3. The lowest BCUT2D eigenvalue weighted by Crippen LogP contribution is -2.36. The molecule has 7 nitrogen and oxygen atoms in total. The molecule has 2 aromatic rings. The summed E-state index contributed by atoms with van der Waals surface area (Å²) in [6, 6.07) is 18.0. The molecule has 0 radical (unpaired) electrons. The van der Waals surface area contributed by atoms with Crippen molar-refractivity contribution in [2.45, 2.75) is 39.3 Å². The van der Waals surface area contributed by atoms with Crippen LogP contribution in [0.1, 0.15) is 32.8 Å². The number of ether oxygens (including phenoxy) is 2. The van der Waals surface area contributed by atoms with E-state index in [4.69, 9.17) is 29.3 Å². The maximum Gasteiger partial charge on any atom is 0.414 e. The first-order valence-electron chi connectivity index (χ1n) is 9.28. The van der Waals surface area contributed by atoms with Crippen LogP contribution in [0.2, 0.25) is 0 Å². The van der Waals surface area contributed by atoms with E-state index < -0.39 is 11.9 Å². The highest BCUT2D eigenvalue weighted by Crippen LogP contribution is 2.18. The van der Waals surface area contributed by atoms with Crippen molar-refractivity contribution in [3.05, 3.63) is 60.2 Å². The molecule has 2 rings (SSSR count). The molecule has 0 bridgehead atoms. The molecule has 2 aromatic carbocycles. The number of carboxylic acid groups (broad SMARTS) is 2. The van der Waals surface area contributed by atoms with Crippen LogP contribution < -0.4 is 14.8 Å². The van der Waals surface area contributed by atoms with Gasteiger partial charge in [-0.2, -0.15) is 0 Å². The Morgan fingerprint density at radius 3 is 1.86 bits per heavy atom. The summed E-state index contributed by atoms with van der Waals surface area (Å²) in [6.45, 7) is 8.76. The van der Waals surface area contributed by atoms with Gasteiger partial charge in [0.05, 0.1) is 6.61 Å². The molecule has 0 aliphatic carbocycles. The lowest BCUT2D eigenvalue weighted by Gasteiger charge is -2.20. The fourth-order valence-electron chi connectivity index (χ4n) is 2.10. The largest absolute Gasteiger partial charge is 0.494 e. The van der Waals surface area contributed by atoms with Crippen LogP contribution in [0.15, 0.2) is 54.6 Å². The van der Waals surface area contributed by atoms with Crippen LogP contribution in [0.25, 0.3) is 0 Å². The number of aliphatic carboxylic acids is 2. The van der Waals surface area contributed by atoms with E-state index in [1.807, 2.05) is 42.5 Å². The van der Waals surface area contributed by atoms with Gasteiger partial charge >= 0.3 is 11.9 Å². The fourth-order valence-corrected chi connectivity index (χ4v) is 2.10. The Labute approximate surface area is 171 Å². The molecule has 3 N–H and O–H groups in total. The Balaban J connectivity index is 0.000000612. The van der Waals surface area contributed by atoms with Gasteiger partial charge in [0.2, 0.25) is 0 Å². The average Bonchev–Trinajstić information content (AvgIpc) is 2.67. The minimum Gasteiger partial charge on any atom is -0.494 e. The molecular formula is C22H29NO6. The summed E-state index contributed by atoms with van der Waals surface area (Å²) in [5.41, 5.74) is 1.33. The molecule has 0 atom stereocenters. The zero-order valence-electron chi connectivity index (χ0n) is 17.1. The summed E-state index contributed by atoms with van der Waals surface area (Å²) in [6.07, 6.45) is 0.990. The molecule has 0 aromatic heterocycles. The minimum absolute atomic E-state index is 0.164. The van der Waals surface area contributed by atoms with E-state index in [-0.39, 0.29) is 5.54 Å². The monoisotopic (exact) mass is 403 g/mol. The third kappa shape index (κ3) is 12.1. The first-order valence-corrected chi connectivity index (χ1v) is 9.28. The highest BCUT2D eigenvalue weighted by atomic mass is 16.5. The van der Waals surface area contributed by atoms with Gasteiger partial charge in [-0.05, 0) is 63.6 Å². The van der Waals surface area contributed by atoms with Crippen LogP contribution >= 0.6 is 0 Å². The van der Waals surface area contributed by atoms with Gasteiger partial charge in [0.15, 0.2) is 0 Å². The molecule has 0 heterocycles. The second-order valence-electron chi connectivity index (χ2n) is 7.23. The Hall–Kier alpha value is -3.06. The van der Waals surface area contributed by atoms with Crippen molar-refractivity contribution in [3.8, 4) is 11.5 Å². The van der Waals surface area contributed by atoms with Gasteiger partial charge in [-0.3, -0.25) is 0 Å². The number of carboxylic acids is 2. The van der Waals surface area contributed by atoms with E-state index in [2.05, 4.69) is 38.2 Å². The van der Waals surface area contributed by atoms with Crippen molar-refractivity contribution >= 4 is 11.9 Å². The molecule has 0 unspecified atom stereocenters. The Morgan fingerprint density at radius 2 is 1.38 bits per heavy atom. The summed E-state index contributed by atoms with van der Waals surface area (Å²) in [7, 11) is 0. The standard InChI is InChI=1S/C20H27NO2.C2H2O4/c1-20(2,3)21-14-7-15-22-18-10-12-19(13-11-18)23-16-17-8-5-4-6-9-17;3-1(4)2(5)6/h4-6,8-13,21H,7,14-16H2,1-3H3;(H,3,4)(H,5,6). The first kappa shape index (κ1) is 24.0. The molecule has 0 saturated heterocycles. The van der Waals surface area contributed by atoms with E-state index in [0.29, 0.717) is 13.2 Å². The van der Waals surface area contributed by atoms with Gasteiger partial charge in [-0.25, -0.2) is 9.59 Å². The lowest BCUT2D eigenvalue weighted by atomic mass is 10.1. The quantitative estimate of drug-likeness (QED) is 0.457. The number of nitrogens with one attached hydrogen (secondary N) is 1. The number of benzene rings is 2. The predicted molar refractivity (Wildman–Crippen MR) is 110 cm³/mol. The molecule has 0 fully saturated rings. The number of hydrogen-bond donors (Lipinski definition) is 3. The summed E-state index contributed by atoms with van der Waals surface area (Å²) in [4.78, 5) is 18.2. The average molecular weight is 403 g/mol. The zero-order valence-corrected chi connectivity index (χ0v) is 17.1. The summed E-state index contributed by atoms with van der Waals surface area (Å²) >= 11 is 0. The predicted octanol–water partition coefficient (Wildman–Crippen LogP) is 3.58. The highest BCUT2D eigenvalue weighted by Gasteiger charge is 2.07. The number of hydrogen-bond acceptors (Lipinski definition) is 5. The smallest absolute Gasteiger partial charge is 0.414 e. The van der Waals surface area contributed by atoms with Crippen LogP contribution in [0.4, 0.5) is 0 Å². The van der Waals surface area contributed by atoms with Gasteiger partial charge in [0.25, 0.3) is 0 Å². The van der Waals surface area contributed by atoms with Crippen molar-refractivity contribution in [1.82, 2.24) is 5.32 Å². The van der Waals surface area contributed by atoms with Crippen LogP contribution in [0.3, 0.4) is 0 Å². The molecule has 29 heavy (non-hydrogen) atoms. The third-order valence-electron chi connectivity index (χ3n) is 3.50. The molecule has 0 aliphatic heterocycles. The molecular weight excluding hydrogens is 374 g/mol. The topological polar surface area (TPSA) is 105 Å². The highest BCUT2D eigenvalue weighted by molar-refractivity contribution is 6.27. The van der Waals surface area contributed by atoms with Gasteiger partial charge in [-0.1, -0.05) is 30.3 Å². The maximum absolute atomic E-state index is 9.10. The van der Waals surface area contributed by atoms with Gasteiger partial charge in [0.1, 0.15) is 18.1 Å². The SMILES string of the molecule is CC(C)(C)NCCCOc1ccc(OCc2ccccc2)cc1.O=C(O)C(=O)O. The molecule has 7 heteroatoms. The van der Waals surface area contributed by atoms with Gasteiger partial charge in [-0.15, -0.1) is 0 Å². The van der Waals surface area contributed by atoms with Crippen molar-refractivity contribution < 1.29 is 29.3 Å². The zero-order chi connectivity index (χ0) is 21.7. The van der Waals surface area contributed by atoms with Crippen LogP contribution in [0.5, 0.6) is 11.5 Å². The van der Waals surface area contributed by atoms with E-state index in [1.54, 1.807) is 0 Å². The van der Waals surface area contributed by atoms with Gasteiger partial charge < -0.3 is 25.0 Å². The molecule has 0 saturated carbocycles. The van der Waals surface area contributed by atoms with Crippen LogP contribution in [-0.2, 0) is 16.2 Å². The van der Waals surface area contributed by atoms with Crippen LogP contribution in [-0.4, -0.2) is 40.8 Å². The lowest BCUT2D eigenvalue weighted by molar-refractivity contribution is -0.159.